The molecule has 3 aromatic rings. The van der Waals surface area contributed by atoms with E-state index in [0.717, 1.165) is 16.5 Å². The van der Waals surface area contributed by atoms with Gasteiger partial charge in [0.2, 0.25) is 0 Å². The molecule has 0 saturated heterocycles. The highest BCUT2D eigenvalue weighted by molar-refractivity contribution is 6.29. The summed E-state index contributed by atoms with van der Waals surface area (Å²) in [5.41, 5.74) is 1.97. The fourth-order valence-corrected chi connectivity index (χ4v) is 2.25. The molecular formula is C14H9ClN2O3. The van der Waals surface area contributed by atoms with Crippen LogP contribution in [-0.2, 0) is 0 Å². The highest BCUT2D eigenvalue weighted by Crippen LogP contribution is 2.31. The molecule has 0 spiro atoms. The van der Waals surface area contributed by atoms with Gasteiger partial charge in [-0.1, -0.05) is 29.8 Å². The standard InChI is InChI=1S/C14H9ClN2O3/c1-8-3-2-4-9-5-12(20-14(8)9)11-6-10(17(18)19)7-13(15)16-11/h2-7H,1H3. The summed E-state index contributed by atoms with van der Waals surface area (Å²) in [4.78, 5) is 14.4. The second-order valence-electron chi connectivity index (χ2n) is 4.39. The summed E-state index contributed by atoms with van der Waals surface area (Å²) in [6, 6.07) is 10.1. The number of pyridine rings is 1. The molecule has 0 N–H and O–H groups in total. The van der Waals surface area contributed by atoms with Crippen molar-refractivity contribution in [3.63, 3.8) is 0 Å². The third-order valence-electron chi connectivity index (χ3n) is 2.98. The predicted molar refractivity (Wildman–Crippen MR) is 75.8 cm³/mol. The molecule has 0 unspecified atom stereocenters. The van der Waals surface area contributed by atoms with Crippen LogP contribution in [0.3, 0.4) is 0 Å². The van der Waals surface area contributed by atoms with Crippen LogP contribution in [0.2, 0.25) is 5.15 Å². The van der Waals surface area contributed by atoms with Crippen molar-refractivity contribution in [2.75, 3.05) is 0 Å². The smallest absolute Gasteiger partial charge is 0.274 e. The molecule has 0 aliphatic carbocycles. The van der Waals surface area contributed by atoms with Crippen LogP contribution in [0.4, 0.5) is 5.69 Å². The number of aromatic nitrogens is 1. The first kappa shape index (κ1) is 12.6. The second-order valence-corrected chi connectivity index (χ2v) is 4.78. The van der Waals surface area contributed by atoms with E-state index in [9.17, 15) is 10.1 Å². The average Bonchev–Trinajstić information content (AvgIpc) is 2.83. The maximum absolute atomic E-state index is 10.9. The molecule has 0 radical (unpaired) electrons. The normalized spacial score (nSPS) is 10.9. The Morgan fingerprint density at radius 1 is 1.30 bits per heavy atom. The number of hydrogen-bond acceptors (Lipinski definition) is 4. The third kappa shape index (κ3) is 2.12. The van der Waals surface area contributed by atoms with Crippen molar-refractivity contribution in [3.05, 3.63) is 57.2 Å². The highest BCUT2D eigenvalue weighted by Gasteiger charge is 2.15. The minimum Gasteiger partial charge on any atom is -0.454 e. The SMILES string of the molecule is Cc1cccc2cc(-c3cc([N+](=O)[O-])cc(Cl)n3)oc12. The van der Waals surface area contributed by atoms with Crippen molar-refractivity contribution in [2.45, 2.75) is 6.92 Å². The molecule has 6 heteroatoms. The predicted octanol–water partition coefficient (Wildman–Crippen LogP) is 4.36. The van der Waals surface area contributed by atoms with Gasteiger partial charge in [-0.05, 0) is 18.6 Å². The zero-order valence-electron chi connectivity index (χ0n) is 10.5. The Balaban J connectivity index is 2.20. The molecule has 5 nitrogen and oxygen atoms in total. The lowest BCUT2D eigenvalue weighted by Gasteiger charge is -1.98. The Morgan fingerprint density at radius 2 is 2.10 bits per heavy atom. The minimum atomic E-state index is -0.509. The molecule has 3 rings (SSSR count). The highest BCUT2D eigenvalue weighted by atomic mass is 35.5. The van der Waals surface area contributed by atoms with Crippen LogP contribution in [0.15, 0.2) is 40.8 Å². The van der Waals surface area contributed by atoms with Gasteiger partial charge in [0.05, 0.1) is 11.0 Å². The number of nitro groups is 1. The second kappa shape index (κ2) is 4.61. The maximum atomic E-state index is 10.9. The number of para-hydroxylation sites is 1. The summed E-state index contributed by atoms with van der Waals surface area (Å²) < 4.78 is 5.73. The fourth-order valence-electron chi connectivity index (χ4n) is 2.05. The average molecular weight is 289 g/mol. The molecule has 2 heterocycles. The van der Waals surface area contributed by atoms with Crippen LogP contribution < -0.4 is 0 Å². The minimum absolute atomic E-state index is 0.0615. The summed E-state index contributed by atoms with van der Waals surface area (Å²) in [7, 11) is 0. The number of aryl methyl sites for hydroxylation is 1. The molecule has 0 fully saturated rings. The maximum Gasteiger partial charge on any atom is 0.274 e. The lowest BCUT2D eigenvalue weighted by atomic mass is 10.2. The van der Waals surface area contributed by atoms with E-state index in [1.807, 2.05) is 25.1 Å². The topological polar surface area (TPSA) is 69.2 Å². The zero-order valence-corrected chi connectivity index (χ0v) is 11.2. The summed E-state index contributed by atoms with van der Waals surface area (Å²) in [6.07, 6.45) is 0. The lowest BCUT2D eigenvalue weighted by Crippen LogP contribution is -1.91. The first-order chi connectivity index (χ1) is 9.54. The Hall–Kier alpha value is -2.40. The van der Waals surface area contributed by atoms with Crippen molar-refractivity contribution in [1.82, 2.24) is 4.98 Å². The van der Waals surface area contributed by atoms with Gasteiger partial charge in [0.25, 0.3) is 5.69 Å². The number of fused-ring (bicyclic) bond motifs is 1. The van der Waals surface area contributed by atoms with Crippen molar-refractivity contribution in [2.24, 2.45) is 0 Å². The summed E-state index contributed by atoms with van der Waals surface area (Å²) in [6.45, 7) is 1.93. The monoisotopic (exact) mass is 288 g/mol. The summed E-state index contributed by atoms with van der Waals surface area (Å²) in [5.74, 6) is 0.458. The Labute approximate surface area is 119 Å². The van der Waals surface area contributed by atoms with Crippen LogP contribution in [0.25, 0.3) is 22.4 Å². The van der Waals surface area contributed by atoms with Crippen molar-refractivity contribution < 1.29 is 9.34 Å². The van der Waals surface area contributed by atoms with E-state index in [2.05, 4.69) is 4.98 Å². The van der Waals surface area contributed by atoms with Crippen molar-refractivity contribution in [1.29, 1.82) is 0 Å². The van der Waals surface area contributed by atoms with Gasteiger partial charge in [-0.25, -0.2) is 4.98 Å². The summed E-state index contributed by atoms with van der Waals surface area (Å²) in [5, 5.41) is 11.8. The molecule has 0 amide bonds. The van der Waals surface area contributed by atoms with Gasteiger partial charge in [0.1, 0.15) is 16.4 Å². The van der Waals surface area contributed by atoms with Crippen LogP contribution in [0.1, 0.15) is 5.56 Å². The van der Waals surface area contributed by atoms with E-state index in [1.54, 1.807) is 6.07 Å². The number of nitrogens with zero attached hydrogens (tertiary/aromatic N) is 2. The number of benzene rings is 1. The van der Waals surface area contributed by atoms with Crippen molar-refractivity contribution >= 4 is 28.3 Å². The molecule has 1 aromatic carbocycles. The van der Waals surface area contributed by atoms with Gasteiger partial charge in [-0.3, -0.25) is 10.1 Å². The molecule has 20 heavy (non-hydrogen) atoms. The van der Waals surface area contributed by atoms with Crippen LogP contribution in [0, 0.1) is 17.0 Å². The first-order valence-corrected chi connectivity index (χ1v) is 6.24. The first-order valence-electron chi connectivity index (χ1n) is 5.86. The number of furan rings is 1. The Morgan fingerprint density at radius 3 is 2.80 bits per heavy atom. The number of rotatable bonds is 2. The van der Waals surface area contributed by atoms with Gasteiger partial charge in [0.15, 0.2) is 5.76 Å². The molecule has 100 valence electrons. The summed E-state index contributed by atoms with van der Waals surface area (Å²) >= 11 is 5.82. The largest absolute Gasteiger partial charge is 0.454 e. The molecule has 0 aliphatic rings. The van der Waals surface area contributed by atoms with Gasteiger partial charge in [0, 0.05) is 11.5 Å². The molecular weight excluding hydrogens is 280 g/mol. The van der Waals surface area contributed by atoms with E-state index in [-0.39, 0.29) is 10.8 Å². The molecule has 0 saturated carbocycles. The van der Waals surface area contributed by atoms with Crippen molar-refractivity contribution in [3.8, 4) is 11.5 Å². The molecule has 2 aromatic heterocycles. The van der Waals surface area contributed by atoms with Crippen LogP contribution in [-0.4, -0.2) is 9.91 Å². The van der Waals surface area contributed by atoms with E-state index in [4.69, 9.17) is 16.0 Å². The quantitative estimate of drug-likeness (QED) is 0.399. The van der Waals surface area contributed by atoms with Gasteiger partial charge in [-0.15, -0.1) is 0 Å². The van der Waals surface area contributed by atoms with Crippen LogP contribution >= 0.6 is 11.6 Å². The third-order valence-corrected chi connectivity index (χ3v) is 3.18. The molecule has 0 atom stereocenters. The number of halogens is 1. The lowest BCUT2D eigenvalue weighted by molar-refractivity contribution is -0.384. The van der Waals surface area contributed by atoms with E-state index in [1.165, 1.54) is 12.1 Å². The Bertz CT molecular complexity index is 826. The van der Waals surface area contributed by atoms with E-state index in [0.29, 0.717) is 11.5 Å². The van der Waals surface area contributed by atoms with E-state index < -0.39 is 4.92 Å². The molecule has 0 aliphatic heterocycles. The van der Waals surface area contributed by atoms with Gasteiger partial charge in [-0.2, -0.15) is 0 Å². The molecule has 0 bridgehead atoms. The van der Waals surface area contributed by atoms with Crippen LogP contribution in [0.5, 0.6) is 0 Å². The zero-order chi connectivity index (χ0) is 14.3. The fraction of sp³-hybridized carbons (Fsp3) is 0.0714. The van der Waals surface area contributed by atoms with E-state index >= 15 is 0 Å². The van der Waals surface area contributed by atoms with Gasteiger partial charge >= 0.3 is 0 Å². The Kier molecular flexibility index (Phi) is 2.91. The van der Waals surface area contributed by atoms with Gasteiger partial charge < -0.3 is 4.42 Å². The number of hydrogen-bond donors (Lipinski definition) is 0.